The number of carbonyl (C=O) groups is 2. The molecule has 24 heavy (non-hydrogen) atoms. The Morgan fingerprint density at radius 1 is 1.50 bits per heavy atom. The summed E-state index contributed by atoms with van der Waals surface area (Å²) in [5, 5.41) is 14.6. The van der Waals surface area contributed by atoms with E-state index in [9.17, 15) is 14.0 Å². The third kappa shape index (κ3) is 3.51. The number of nitrogens with one attached hydrogen (secondary N) is 2. The van der Waals surface area contributed by atoms with Crippen molar-refractivity contribution >= 4 is 39.2 Å². The molecule has 0 saturated heterocycles. The van der Waals surface area contributed by atoms with Crippen molar-refractivity contribution in [3.05, 3.63) is 33.7 Å². The van der Waals surface area contributed by atoms with Gasteiger partial charge >= 0.3 is 5.97 Å². The van der Waals surface area contributed by atoms with E-state index in [0.717, 1.165) is 0 Å². The number of aliphatic hydroxyl groups excluding tert-OH is 1. The normalized spacial score (nSPS) is 14.2. The van der Waals surface area contributed by atoms with Gasteiger partial charge in [-0.25, -0.2) is 9.18 Å². The summed E-state index contributed by atoms with van der Waals surface area (Å²) in [5.74, 6) is -1.79. The van der Waals surface area contributed by atoms with Crippen LogP contribution in [0, 0.1) is 5.82 Å². The first-order valence-electron chi connectivity index (χ1n) is 7.08. The number of ether oxygens (including phenoxy) is 1. The number of rotatable bonds is 6. The minimum Gasteiger partial charge on any atom is -0.466 e. The number of nitrogens with zero attached hydrogens (tertiary/aromatic N) is 1. The van der Waals surface area contributed by atoms with E-state index in [1.165, 1.54) is 18.1 Å². The molecule has 0 unspecified atom stereocenters. The third-order valence-corrected chi connectivity index (χ3v) is 3.99. The first kappa shape index (κ1) is 18.2. The predicted octanol–water partition coefficient (Wildman–Crippen LogP) is 1.30. The van der Waals surface area contributed by atoms with Crippen LogP contribution >= 0.6 is 15.9 Å². The molecule has 0 bridgehead atoms. The fourth-order valence-corrected chi connectivity index (χ4v) is 2.80. The molecule has 0 radical (unpaired) electrons. The molecule has 1 aromatic carbocycles. The highest BCUT2D eigenvalue weighted by Gasteiger charge is 2.35. The lowest BCUT2D eigenvalue weighted by atomic mass is 10.2. The maximum atomic E-state index is 14.3. The first-order valence-corrected chi connectivity index (χ1v) is 7.87. The number of esters is 1. The zero-order valence-electron chi connectivity index (χ0n) is 13.2. The fourth-order valence-electron chi connectivity index (χ4n) is 2.37. The van der Waals surface area contributed by atoms with E-state index >= 15 is 0 Å². The Morgan fingerprint density at radius 2 is 2.21 bits per heavy atom. The van der Waals surface area contributed by atoms with Gasteiger partial charge in [0.25, 0.3) is 5.91 Å². The molecule has 0 aliphatic carbocycles. The number of methoxy groups -OCH3 is 1. The van der Waals surface area contributed by atoms with Crippen molar-refractivity contribution in [2.24, 2.45) is 0 Å². The molecular weight excluding hydrogens is 385 g/mol. The molecule has 1 aliphatic heterocycles. The van der Waals surface area contributed by atoms with Crippen LogP contribution < -0.4 is 10.6 Å². The highest BCUT2D eigenvalue weighted by molar-refractivity contribution is 9.10. The highest BCUT2D eigenvalue weighted by Crippen LogP contribution is 2.32. The smallest absolute Gasteiger partial charge is 0.337 e. The van der Waals surface area contributed by atoms with E-state index in [0.29, 0.717) is 10.2 Å². The molecule has 1 heterocycles. The number of β-amino-alcohol motifs (C(OH)–C–C–N with tert-alkyl or cyclic N) is 1. The van der Waals surface area contributed by atoms with Crippen LogP contribution in [-0.4, -0.2) is 55.7 Å². The Hall–Kier alpha value is -2.13. The van der Waals surface area contributed by atoms with Crippen LogP contribution in [0.15, 0.2) is 27.9 Å². The van der Waals surface area contributed by atoms with Gasteiger partial charge < -0.3 is 25.4 Å². The van der Waals surface area contributed by atoms with Crippen LogP contribution in [0.5, 0.6) is 0 Å². The van der Waals surface area contributed by atoms with E-state index in [1.807, 2.05) is 0 Å². The number of hydrogen-bond acceptors (Lipinski definition) is 6. The Kier molecular flexibility index (Phi) is 5.79. The molecule has 0 aromatic heterocycles. The van der Waals surface area contributed by atoms with Gasteiger partial charge in [-0.05, 0) is 12.1 Å². The summed E-state index contributed by atoms with van der Waals surface area (Å²) in [5.41, 5.74) is 0.469. The summed E-state index contributed by atoms with van der Waals surface area (Å²) in [6, 6.07) is 2.88. The number of benzene rings is 1. The average molecular weight is 402 g/mol. The highest BCUT2D eigenvalue weighted by atomic mass is 79.9. The summed E-state index contributed by atoms with van der Waals surface area (Å²) in [4.78, 5) is 25.7. The van der Waals surface area contributed by atoms with Gasteiger partial charge in [-0.2, -0.15) is 0 Å². The van der Waals surface area contributed by atoms with Gasteiger partial charge in [-0.1, -0.05) is 15.9 Å². The number of aliphatic hydroxyl groups is 1. The molecule has 0 spiro atoms. The number of carbonyl (C=O) groups excluding carboxylic acids is 2. The molecule has 0 fully saturated rings. The van der Waals surface area contributed by atoms with Gasteiger partial charge in [0.15, 0.2) is 0 Å². The van der Waals surface area contributed by atoms with Crippen molar-refractivity contribution in [1.82, 2.24) is 4.90 Å². The third-order valence-electron chi connectivity index (χ3n) is 3.53. The second-order valence-electron chi connectivity index (χ2n) is 4.98. The second-order valence-corrected chi connectivity index (χ2v) is 5.90. The lowest BCUT2D eigenvalue weighted by Gasteiger charge is -2.16. The molecule has 2 rings (SSSR count). The van der Waals surface area contributed by atoms with Gasteiger partial charge in [-0.15, -0.1) is 0 Å². The Balaban J connectivity index is 2.44. The molecule has 0 saturated carbocycles. The fraction of sp³-hybridized carbons (Fsp3) is 0.333. The summed E-state index contributed by atoms with van der Waals surface area (Å²) in [6.45, 7) is -0.199. The summed E-state index contributed by atoms with van der Waals surface area (Å²) < 4.78 is 19.5. The lowest BCUT2D eigenvalue weighted by molar-refractivity contribution is -0.136. The van der Waals surface area contributed by atoms with Gasteiger partial charge in [0.05, 0.1) is 37.2 Å². The molecule has 3 N–H and O–H groups in total. The number of amides is 1. The molecule has 0 atom stereocenters. The second kappa shape index (κ2) is 7.63. The van der Waals surface area contributed by atoms with Crippen molar-refractivity contribution in [3.8, 4) is 0 Å². The van der Waals surface area contributed by atoms with Gasteiger partial charge in [-0.3, -0.25) is 4.79 Å². The van der Waals surface area contributed by atoms with E-state index < -0.39 is 17.7 Å². The number of anilines is 2. The topological polar surface area (TPSA) is 90.9 Å². The summed E-state index contributed by atoms with van der Waals surface area (Å²) in [6.07, 6.45) is 0. The zero-order chi connectivity index (χ0) is 17.9. The average Bonchev–Trinajstić information content (AvgIpc) is 2.86. The molecule has 7 nitrogen and oxygen atoms in total. The summed E-state index contributed by atoms with van der Waals surface area (Å²) in [7, 11) is 2.81. The molecular formula is C15H17BrFN3O4. The molecule has 9 heteroatoms. The van der Waals surface area contributed by atoms with Crippen molar-refractivity contribution in [1.29, 1.82) is 0 Å². The van der Waals surface area contributed by atoms with Crippen LogP contribution in [-0.2, 0) is 14.3 Å². The van der Waals surface area contributed by atoms with Crippen LogP contribution in [0.1, 0.15) is 0 Å². The van der Waals surface area contributed by atoms with Crippen LogP contribution in [0.25, 0.3) is 0 Å². The molecule has 1 aromatic rings. The predicted molar refractivity (Wildman–Crippen MR) is 90.0 cm³/mol. The van der Waals surface area contributed by atoms with Crippen molar-refractivity contribution in [2.45, 2.75) is 0 Å². The maximum Gasteiger partial charge on any atom is 0.337 e. The monoisotopic (exact) mass is 401 g/mol. The van der Waals surface area contributed by atoms with E-state index in [1.54, 1.807) is 13.1 Å². The first-order chi connectivity index (χ1) is 11.4. The van der Waals surface area contributed by atoms with E-state index in [2.05, 4.69) is 31.3 Å². The Bertz CT molecular complexity index is 708. The van der Waals surface area contributed by atoms with Crippen LogP contribution in [0.3, 0.4) is 0 Å². The molecule has 130 valence electrons. The molecule has 1 amide bonds. The molecule has 1 aliphatic rings. The van der Waals surface area contributed by atoms with E-state index in [-0.39, 0.29) is 36.7 Å². The largest absolute Gasteiger partial charge is 0.466 e. The maximum absolute atomic E-state index is 14.3. The van der Waals surface area contributed by atoms with Gasteiger partial charge in [0, 0.05) is 18.1 Å². The van der Waals surface area contributed by atoms with Crippen LogP contribution in [0.4, 0.5) is 15.8 Å². The van der Waals surface area contributed by atoms with Crippen LogP contribution in [0.2, 0.25) is 0 Å². The Morgan fingerprint density at radius 3 is 2.79 bits per heavy atom. The van der Waals surface area contributed by atoms with Gasteiger partial charge in [0.1, 0.15) is 11.5 Å². The lowest BCUT2D eigenvalue weighted by Crippen LogP contribution is -2.31. The number of hydrogen-bond donors (Lipinski definition) is 3. The van der Waals surface area contributed by atoms with Crippen molar-refractivity contribution in [2.75, 3.05) is 44.5 Å². The minimum absolute atomic E-state index is 0.0125. The van der Waals surface area contributed by atoms with E-state index in [4.69, 9.17) is 5.11 Å². The van der Waals surface area contributed by atoms with Crippen molar-refractivity contribution in [3.63, 3.8) is 0 Å². The standard InChI is InChI=1S/C15H17BrFN3O4/c1-18-11-6-8(16)5-10(17)13(11)19-12-9(15(23)24-2)7-20(3-4-21)14(12)22/h5-6,18-19,21H,3-4,7H2,1-2H3. The van der Waals surface area contributed by atoms with Crippen molar-refractivity contribution < 1.29 is 23.8 Å². The summed E-state index contributed by atoms with van der Waals surface area (Å²) >= 11 is 3.19. The SMILES string of the molecule is CNc1cc(Br)cc(F)c1NC1=C(C(=O)OC)CN(CCO)C1=O. The Labute approximate surface area is 146 Å². The minimum atomic E-state index is -0.685. The number of halogens is 2. The van der Waals surface area contributed by atoms with Gasteiger partial charge in [0.2, 0.25) is 0 Å². The quantitative estimate of drug-likeness (QED) is 0.622. The zero-order valence-corrected chi connectivity index (χ0v) is 14.7.